The number of nitrogens with one attached hydrogen (secondary N) is 2. The number of hydrogen-bond donors (Lipinski definition) is 2. The molecule has 1 aliphatic heterocycles. The molecule has 1 heterocycles. The number of amides is 2. The maximum absolute atomic E-state index is 12.8. The Kier molecular flexibility index (Phi) is 7.01. The highest BCUT2D eigenvalue weighted by molar-refractivity contribution is 6.05. The number of anilines is 3. The topological polar surface area (TPSA) is 64.7 Å². The first kappa shape index (κ1) is 22.8. The number of piperazine rings is 1. The summed E-state index contributed by atoms with van der Waals surface area (Å²) in [5.41, 5.74) is 3.76. The highest BCUT2D eigenvalue weighted by Gasteiger charge is 2.21. The molecule has 6 heteroatoms. The Labute approximate surface area is 185 Å². The number of nitrogens with zero attached hydrogens (tertiary/aromatic N) is 2. The summed E-state index contributed by atoms with van der Waals surface area (Å²) in [6.45, 7) is 15.1. The van der Waals surface area contributed by atoms with Crippen LogP contribution in [0, 0.1) is 12.3 Å². The molecule has 166 valence electrons. The Morgan fingerprint density at radius 3 is 2.23 bits per heavy atom. The van der Waals surface area contributed by atoms with Crippen LogP contribution in [-0.4, -0.2) is 49.4 Å². The molecule has 0 radical (unpaired) electrons. The smallest absolute Gasteiger partial charge is 0.255 e. The first-order chi connectivity index (χ1) is 14.7. The highest BCUT2D eigenvalue weighted by atomic mass is 16.2. The normalized spacial score (nSPS) is 14.9. The van der Waals surface area contributed by atoms with E-state index in [0.717, 1.165) is 44.0 Å². The standard InChI is InChI=1S/C25H34N4O2/c1-6-28-12-14-29(15-13-28)22-11-10-21(16-18(22)2)26-23(30)19-8-7-9-20(17-19)27-24(31)25(3,4)5/h7-11,16-17H,6,12-15H2,1-5H3,(H,26,30)(H,27,31). The highest BCUT2D eigenvalue weighted by Crippen LogP contribution is 2.25. The van der Waals surface area contributed by atoms with Crippen molar-refractivity contribution in [2.75, 3.05) is 48.3 Å². The fraction of sp³-hybridized carbons (Fsp3) is 0.440. The van der Waals surface area contributed by atoms with Gasteiger partial charge in [-0.1, -0.05) is 33.8 Å². The van der Waals surface area contributed by atoms with Gasteiger partial charge in [0.15, 0.2) is 0 Å². The van der Waals surface area contributed by atoms with E-state index in [-0.39, 0.29) is 11.8 Å². The minimum atomic E-state index is -0.499. The molecule has 0 saturated carbocycles. The van der Waals surface area contributed by atoms with Crippen LogP contribution in [0.25, 0.3) is 0 Å². The van der Waals surface area contributed by atoms with Gasteiger partial charge in [-0.2, -0.15) is 0 Å². The third-order valence-corrected chi connectivity index (χ3v) is 5.68. The molecular formula is C25H34N4O2. The summed E-state index contributed by atoms with van der Waals surface area (Å²) in [6, 6.07) is 13.1. The van der Waals surface area contributed by atoms with Crippen molar-refractivity contribution in [2.24, 2.45) is 5.41 Å². The molecule has 0 aliphatic carbocycles. The van der Waals surface area contributed by atoms with Crippen LogP contribution in [-0.2, 0) is 4.79 Å². The Bertz CT molecular complexity index is 941. The lowest BCUT2D eigenvalue weighted by atomic mass is 9.95. The van der Waals surface area contributed by atoms with Crippen LogP contribution in [0.4, 0.5) is 17.1 Å². The second-order valence-corrected chi connectivity index (χ2v) is 9.16. The van der Waals surface area contributed by atoms with E-state index < -0.39 is 5.41 Å². The molecule has 6 nitrogen and oxygen atoms in total. The molecule has 0 spiro atoms. The summed E-state index contributed by atoms with van der Waals surface area (Å²) in [4.78, 5) is 29.9. The number of benzene rings is 2. The quantitative estimate of drug-likeness (QED) is 0.751. The van der Waals surface area contributed by atoms with E-state index in [1.54, 1.807) is 24.3 Å². The summed E-state index contributed by atoms with van der Waals surface area (Å²) >= 11 is 0. The first-order valence-corrected chi connectivity index (χ1v) is 11.0. The summed E-state index contributed by atoms with van der Waals surface area (Å²) < 4.78 is 0. The Balaban J connectivity index is 1.66. The SMILES string of the molecule is CCN1CCN(c2ccc(NC(=O)c3cccc(NC(=O)C(C)(C)C)c3)cc2C)CC1. The average Bonchev–Trinajstić information content (AvgIpc) is 2.73. The molecule has 2 aromatic carbocycles. The minimum absolute atomic E-state index is 0.0870. The van der Waals surface area contributed by atoms with Crippen LogP contribution in [0.2, 0.25) is 0 Å². The van der Waals surface area contributed by atoms with Gasteiger partial charge in [0.05, 0.1) is 0 Å². The molecule has 2 N–H and O–H groups in total. The van der Waals surface area contributed by atoms with Gasteiger partial charge < -0.3 is 20.4 Å². The molecule has 0 atom stereocenters. The molecule has 2 amide bonds. The molecule has 0 unspecified atom stereocenters. The lowest BCUT2D eigenvalue weighted by Crippen LogP contribution is -2.46. The summed E-state index contributed by atoms with van der Waals surface area (Å²) in [7, 11) is 0. The maximum atomic E-state index is 12.8. The van der Waals surface area contributed by atoms with Crippen molar-refractivity contribution in [3.63, 3.8) is 0 Å². The van der Waals surface area contributed by atoms with Gasteiger partial charge in [-0.05, 0) is 55.4 Å². The minimum Gasteiger partial charge on any atom is -0.369 e. The monoisotopic (exact) mass is 422 g/mol. The second-order valence-electron chi connectivity index (χ2n) is 9.16. The van der Waals surface area contributed by atoms with Crippen molar-refractivity contribution < 1.29 is 9.59 Å². The van der Waals surface area contributed by atoms with Gasteiger partial charge in [-0.3, -0.25) is 9.59 Å². The first-order valence-electron chi connectivity index (χ1n) is 11.0. The van der Waals surface area contributed by atoms with Crippen molar-refractivity contribution in [1.82, 2.24) is 4.90 Å². The van der Waals surface area contributed by atoms with Crippen molar-refractivity contribution >= 4 is 28.9 Å². The third kappa shape index (κ3) is 5.85. The van der Waals surface area contributed by atoms with Crippen LogP contribution in [0.3, 0.4) is 0 Å². The lowest BCUT2D eigenvalue weighted by molar-refractivity contribution is -0.123. The summed E-state index contributed by atoms with van der Waals surface area (Å²) in [5, 5.41) is 5.85. The lowest BCUT2D eigenvalue weighted by Gasteiger charge is -2.36. The van der Waals surface area contributed by atoms with Crippen LogP contribution in [0.1, 0.15) is 43.6 Å². The Morgan fingerprint density at radius 2 is 1.61 bits per heavy atom. The Morgan fingerprint density at radius 1 is 0.935 bits per heavy atom. The molecule has 1 fully saturated rings. The van der Waals surface area contributed by atoms with Crippen LogP contribution in [0.15, 0.2) is 42.5 Å². The van der Waals surface area contributed by atoms with Crippen LogP contribution >= 0.6 is 0 Å². The van der Waals surface area contributed by atoms with Gasteiger partial charge in [-0.15, -0.1) is 0 Å². The summed E-state index contributed by atoms with van der Waals surface area (Å²) in [5.74, 6) is -0.286. The number of hydrogen-bond acceptors (Lipinski definition) is 4. The molecule has 2 aromatic rings. The van der Waals surface area contributed by atoms with E-state index in [0.29, 0.717) is 11.3 Å². The second kappa shape index (κ2) is 9.52. The van der Waals surface area contributed by atoms with Crippen molar-refractivity contribution in [1.29, 1.82) is 0 Å². The van der Waals surface area contributed by atoms with Gasteiger partial charge in [0.2, 0.25) is 5.91 Å². The summed E-state index contributed by atoms with van der Waals surface area (Å²) in [6.07, 6.45) is 0. The third-order valence-electron chi connectivity index (χ3n) is 5.68. The van der Waals surface area contributed by atoms with Crippen molar-refractivity contribution in [3.05, 3.63) is 53.6 Å². The predicted molar refractivity (Wildman–Crippen MR) is 128 cm³/mol. The van der Waals surface area contributed by atoms with Gasteiger partial charge in [0, 0.05) is 54.2 Å². The van der Waals surface area contributed by atoms with Gasteiger partial charge in [-0.25, -0.2) is 0 Å². The molecule has 0 aromatic heterocycles. The molecular weight excluding hydrogens is 388 g/mol. The number of likely N-dealkylation sites (N-methyl/N-ethyl adjacent to an activating group) is 1. The van der Waals surface area contributed by atoms with E-state index in [2.05, 4.69) is 40.3 Å². The largest absolute Gasteiger partial charge is 0.369 e. The predicted octanol–water partition coefficient (Wildman–Crippen LogP) is 4.37. The number of carbonyl (C=O) groups excluding carboxylic acids is 2. The van der Waals surface area contributed by atoms with E-state index in [1.807, 2.05) is 32.9 Å². The maximum Gasteiger partial charge on any atom is 0.255 e. The fourth-order valence-corrected chi connectivity index (χ4v) is 3.65. The molecule has 1 saturated heterocycles. The van der Waals surface area contributed by atoms with E-state index in [4.69, 9.17) is 0 Å². The van der Waals surface area contributed by atoms with E-state index in [9.17, 15) is 9.59 Å². The molecule has 3 rings (SSSR count). The molecule has 0 bridgehead atoms. The zero-order chi connectivity index (χ0) is 22.6. The number of rotatable bonds is 5. The fourth-order valence-electron chi connectivity index (χ4n) is 3.65. The van der Waals surface area contributed by atoms with Gasteiger partial charge in [0.1, 0.15) is 0 Å². The zero-order valence-corrected chi connectivity index (χ0v) is 19.3. The van der Waals surface area contributed by atoms with Crippen molar-refractivity contribution in [3.8, 4) is 0 Å². The van der Waals surface area contributed by atoms with Gasteiger partial charge >= 0.3 is 0 Å². The van der Waals surface area contributed by atoms with Crippen LogP contribution in [0.5, 0.6) is 0 Å². The van der Waals surface area contributed by atoms with E-state index in [1.165, 1.54) is 5.69 Å². The Hall–Kier alpha value is -2.86. The number of carbonyl (C=O) groups is 2. The van der Waals surface area contributed by atoms with Gasteiger partial charge in [0.25, 0.3) is 5.91 Å². The van der Waals surface area contributed by atoms with E-state index >= 15 is 0 Å². The molecule has 1 aliphatic rings. The van der Waals surface area contributed by atoms with Crippen LogP contribution < -0.4 is 15.5 Å². The average molecular weight is 423 g/mol. The molecule has 31 heavy (non-hydrogen) atoms. The zero-order valence-electron chi connectivity index (χ0n) is 19.3. The number of aryl methyl sites for hydroxylation is 1. The van der Waals surface area contributed by atoms with Crippen molar-refractivity contribution in [2.45, 2.75) is 34.6 Å².